The van der Waals surface area contributed by atoms with Crippen LogP contribution in [0.4, 0.5) is 4.79 Å². The van der Waals surface area contributed by atoms with Crippen molar-refractivity contribution in [3.63, 3.8) is 0 Å². The number of nitrogens with zero attached hydrogens (tertiary/aromatic N) is 1. The van der Waals surface area contributed by atoms with Gasteiger partial charge in [-0.05, 0) is 31.6 Å². The minimum atomic E-state index is -0.781. The Hall–Kier alpha value is -0.730. The maximum absolute atomic E-state index is 10.6. The molecular formula is C9H17NO2. The van der Waals surface area contributed by atoms with Crippen LogP contribution in [0.2, 0.25) is 0 Å². The van der Waals surface area contributed by atoms with E-state index in [2.05, 4.69) is 6.92 Å². The Labute approximate surface area is 73.4 Å². The number of amides is 1. The minimum Gasteiger partial charge on any atom is -0.465 e. The summed E-state index contributed by atoms with van der Waals surface area (Å²) in [5, 5.41) is 8.73. The van der Waals surface area contributed by atoms with E-state index in [0.717, 1.165) is 12.5 Å². The third-order valence-corrected chi connectivity index (χ3v) is 2.60. The average Bonchev–Trinajstić information content (AvgIpc) is 1.95. The molecular weight excluding hydrogens is 154 g/mol. The molecule has 12 heavy (non-hydrogen) atoms. The lowest BCUT2D eigenvalue weighted by Gasteiger charge is -2.35. The molecule has 3 nitrogen and oxygen atoms in total. The Kier molecular flexibility index (Phi) is 2.95. The van der Waals surface area contributed by atoms with Gasteiger partial charge in [0.25, 0.3) is 0 Å². The number of carbonyl (C=O) groups is 1. The SMILES string of the molecule is CCN(CC1CC(C)C1)C(=O)O. The Bertz CT molecular complexity index is 164. The maximum Gasteiger partial charge on any atom is 0.407 e. The fourth-order valence-corrected chi connectivity index (χ4v) is 1.87. The van der Waals surface area contributed by atoms with Crippen LogP contribution < -0.4 is 0 Å². The van der Waals surface area contributed by atoms with Gasteiger partial charge in [-0.15, -0.1) is 0 Å². The van der Waals surface area contributed by atoms with E-state index < -0.39 is 6.09 Å². The first-order chi connectivity index (χ1) is 5.63. The van der Waals surface area contributed by atoms with Gasteiger partial charge in [0.15, 0.2) is 0 Å². The summed E-state index contributed by atoms with van der Waals surface area (Å²) >= 11 is 0. The Morgan fingerprint density at radius 1 is 1.58 bits per heavy atom. The van der Waals surface area contributed by atoms with Crippen LogP contribution in [0.3, 0.4) is 0 Å². The molecule has 0 heterocycles. The highest BCUT2D eigenvalue weighted by atomic mass is 16.4. The van der Waals surface area contributed by atoms with Crippen molar-refractivity contribution in [2.45, 2.75) is 26.7 Å². The zero-order chi connectivity index (χ0) is 9.14. The summed E-state index contributed by atoms with van der Waals surface area (Å²) in [7, 11) is 0. The molecule has 1 aliphatic carbocycles. The van der Waals surface area contributed by atoms with Crippen molar-refractivity contribution < 1.29 is 9.90 Å². The van der Waals surface area contributed by atoms with Crippen LogP contribution >= 0.6 is 0 Å². The molecule has 1 amide bonds. The lowest BCUT2D eigenvalue weighted by molar-refractivity contribution is 0.111. The summed E-state index contributed by atoms with van der Waals surface area (Å²) in [4.78, 5) is 12.1. The van der Waals surface area contributed by atoms with Gasteiger partial charge in [-0.1, -0.05) is 6.92 Å². The first-order valence-electron chi connectivity index (χ1n) is 4.61. The second kappa shape index (κ2) is 3.78. The monoisotopic (exact) mass is 171 g/mol. The molecule has 70 valence electrons. The fourth-order valence-electron chi connectivity index (χ4n) is 1.87. The van der Waals surface area contributed by atoms with Gasteiger partial charge in [0.1, 0.15) is 0 Å². The largest absolute Gasteiger partial charge is 0.465 e. The summed E-state index contributed by atoms with van der Waals surface area (Å²) in [6, 6.07) is 0. The normalized spacial score (nSPS) is 27.8. The molecule has 1 rings (SSSR count). The molecule has 0 atom stereocenters. The summed E-state index contributed by atoms with van der Waals surface area (Å²) in [5.41, 5.74) is 0. The van der Waals surface area contributed by atoms with Crippen LogP contribution in [0.1, 0.15) is 26.7 Å². The van der Waals surface area contributed by atoms with Gasteiger partial charge >= 0.3 is 6.09 Å². The standard InChI is InChI=1S/C9H17NO2/c1-3-10(9(11)12)6-8-4-7(2)5-8/h7-8H,3-6H2,1-2H3,(H,11,12). The van der Waals surface area contributed by atoms with Crippen molar-refractivity contribution in [2.24, 2.45) is 11.8 Å². The summed E-state index contributed by atoms with van der Waals surface area (Å²) in [5.74, 6) is 1.43. The van der Waals surface area contributed by atoms with Crippen LogP contribution in [-0.2, 0) is 0 Å². The molecule has 1 aliphatic rings. The van der Waals surface area contributed by atoms with E-state index in [4.69, 9.17) is 5.11 Å². The number of rotatable bonds is 3. The van der Waals surface area contributed by atoms with Crippen molar-refractivity contribution in [1.29, 1.82) is 0 Å². The summed E-state index contributed by atoms with van der Waals surface area (Å²) in [6.45, 7) is 5.44. The highest BCUT2D eigenvalue weighted by Gasteiger charge is 2.27. The molecule has 1 N–H and O–H groups in total. The average molecular weight is 171 g/mol. The third kappa shape index (κ3) is 2.13. The van der Waals surface area contributed by atoms with Crippen molar-refractivity contribution in [3.05, 3.63) is 0 Å². The number of carboxylic acid groups (broad SMARTS) is 1. The van der Waals surface area contributed by atoms with E-state index in [1.54, 1.807) is 0 Å². The van der Waals surface area contributed by atoms with Gasteiger partial charge in [-0.3, -0.25) is 0 Å². The predicted octanol–water partition coefficient (Wildman–Crippen LogP) is 2.03. The van der Waals surface area contributed by atoms with Crippen molar-refractivity contribution in [3.8, 4) is 0 Å². The van der Waals surface area contributed by atoms with E-state index in [9.17, 15) is 4.79 Å². The molecule has 3 heteroatoms. The van der Waals surface area contributed by atoms with Gasteiger partial charge in [-0.2, -0.15) is 0 Å². The smallest absolute Gasteiger partial charge is 0.407 e. The van der Waals surface area contributed by atoms with Crippen molar-refractivity contribution >= 4 is 6.09 Å². The Morgan fingerprint density at radius 2 is 2.17 bits per heavy atom. The first kappa shape index (κ1) is 9.36. The molecule has 1 fully saturated rings. The van der Waals surface area contributed by atoms with E-state index in [-0.39, 0.29) is 0 Å². The van der Waals surface area contributed by atoms with E-state index >= 15 is 0 Å². The van der Waals surface area contributed by atoms with Crippen molar-refractivity contribution in [2.75, 3.05) is 13.1 Å². The fraction of sp³-hybridized carbons (Fsp3) is 0.889. The molecule has 0 radical (unpaired) electrons. The number of hydrogen-bond donors (Lipinski definition) is 1. The van der Waals surface area contributed by atoms with Gasteiger partial charge in [-0.25, -0.2) is 4.79 Å². The van der Waals surface area contributed by atoms with Crippen LogP contribution in [0.15, 0.2) is 0 Å². The van der Waals surface area contributed by atoms with Gasteiger partial charge in [0.2, 0.25) is 0 Å². The van der Waals surface area contributed by atoms with Gasteiger partial charge in [0, 0.05) is 13.1 Å². The van der Waals surface area contributed by atoms with Crippen LogP contribution in [0, 0.1) is 11.8 Å². The molecule has 0 aromatic carbocycles. The second-order valence-corrected chi connectivity index (χ2v) is 3.76. The molecule has 0 aliphatic heterocycles. The lowest BCUT2D eigenvalue weighted by atomic mass is 9.76. The Balaban J connectivity index is 2.24. The van der Waals surface area contributed by atoms with Crippen LogP contribution in [0.25, 0.3) is 0 Å². The molecule has 0 saturated heterocycles. The van der Waals surface area contributed by atoms with E-state index in [1.165, 1.54) is 17.7 Å². The molecule has 0 aromatic rings. The lowest BCUT2D eigenvalue weighted by Crippen LogP contribution is -2.38. The van der Waals surface area contributed by atoms with Gasteiger partial charge < -0.3 is 10.0 Å². The molecule has 1 saturated carbocycles. The molecule has 0 aromatic heterocycles. The van der Waals surface area contributed by atoms with Crippen molar-refractivity contribution in [1.82, 2.24) is 4.90 Å². The second-order valence-electron chi connectivity index (χ2n) is 3.76. The zero-order valence-corrected chi connectivity index (χ0v) is 7.79. The van der Waals surface area contributed by atoms with E-state index in [1.807, 2.05) is 6.92 Å². The third-order valence-electron chi connectivity index (χ3n) is 2.60. The first-order valence-corrected chi connectivity index (χ1v) is 4.61. The molecule has 0 unspecified atom stereocenters. The van der Waals surface area contributed by atoms with Crippen LogP contribution in [0.5, 0.6) is 0 Å². The predicted molar refractivity (Wildman–Crippen MR) is 47.2 cm³/mol. The molecule has 0 bridgehead atoms. The molecule has 0 spiro atoms. The highest BCUT2D eigenvalue weighted by molar-refractivity contribution is 5.64. The Morgan fingerprint density at radius 3 is 2.50 bits per heavy atom. The quantitative estimate of drug-likeness (QED) is 0.705. The number of hydrogen-bond acceptors (Lipinski definition) is 1. The highest BCUT2D eigenvalue weighted by Crippen LogP contribution is 2.33. The van der Waals surface area contributed by atoms with Gasteiger partial charge in [0.05, 0.1) is 0 Å². The van der Waals surface area contributed by atoms with Crippen LogP contribution in [-0.4, -0.2) is 29.2 Å². The maximum atomic E-state index is 10.6. The minimum absolute atomic E-state index is 0.611. The van der Waals surface area contributed by atoms with E-state index in [0.29, 0.717) is 12.5 Å². The summed E-state index contributed by atoms with van der Waals surface area (Å²) < 4.78 is 0. The topological polar surface area (TPSA) is 40.5 Å². The zero-order valence-electron chi connectivity index (χ0n) is 7.79. The summed E-state index contributed by atoms with van der Waals surface area (Å²) in [6.07, 6.45) is 1.62.